The van der Waals surface area contributed by atoms with Crippen LogP contribution in [0.25, 0.3) is 0 Å². The first-order valence-electron chi connectivity index (χ1n) is 11.0. The third-order valence-electron chi connectivity index (χ3n) is 5.95. The Kier molecular flexibility index (Phi) is 8.70. The SMILES string of the molecule is CCCCCC(CN1CCC[C@H](CNc2ccccc2)C1)c1ccc(Cl)cc1. The Labute approximate surface area is 176 Å². The Morgan fingerprint density at radius 3 is 2.61 bits per heavy atom. The van der Waals surface area contributed by atoms with Gasteiger partial charge < -0.3 is 10.2 Å². The molecule has 0 bridgehead atoms. The Morgan fingerprint density at radius 2 is 1.86 bits per heavy atom. The predicted molar refractivity (Wildman–Crippen MR) is 122 cm³/mol. The molecule has 2 nitrogen and oxygen atoms in total. The lowest BCUT2D eigenvalue weighted by Crippen LogP contribution is -2.40. The molecule has 0 spiro atoms. The molecule has 0 radical (unpaired) electrons. The molecule has 3 heteroatoms. The number of nitrogens with zero attached hydrogens (tertiary/aromatic N) is 1. The van der Waals surface area contributed by atoms with Crippen molar-refractivity contribution in [3.05, 3.63) is 65.2 Å². The molecule has 1 aliphatic heterocycles. The van der Waals surface area contributed by atoms with Crippen LogP contribution in [0.3, 0.4) is 0 Å². The molecule has 1 fully saturated rings. The molecule has 0 aromatic heterocycles. The molecule has 2 aromatic rings. The standard InChI is InChI=1S/C25H35ClN2/c1-2-3-5-10-23(22-13-15-24(26)16-14-22)20-28-17-8-9-21(19-28)18-27-25-11-6-4-7-12-25/h4,6-7,11-16,21,23,27H,2-3,5,8-10,17-20H2,1H3/t21-,23?/m1/s1. The average Bonchev–Trinajstić information content (AvgIpc) is 2.73. The molecule has 2 atom stereocenters. The number of anilines is 1. The minimum Gasteiger partial charge on any atom is -0.385 e. The summed E-state index contributed by atoms with van der Waals surface area (Å²) in [6.07, 6.45) is 7.84. The molecule has 1 saturated heterocycles. The van der Waals surface area contributed by atoms with Gasteiger partial charge in [-0.3, -0.25) is 0 Å². The molecule has 0 saturated carbocycles. The normalized spacial score (nSPS) is 18.7. The topological polar surface area (TPSA) is 15.3 Å². The average molecular weight is 399 g/mol. The number of unbranched alkanes of at least 4 members (excludes halogenated alkanes) is 2. The fourth-order valence-corrected chi connectivity index (χ4v) is 4.48. The molecule has 2 aromatic carbocycles. The van der Waals surface area contributed by atoms with Crippen molar-refractivity contribution in [1.82, 2.24) is 4.90 Å². The lowest BCUT2D eigenvalue weighted by Gasteiger charge is -2.35. The highest BCUT2D eigenvalue weighted by molar-refractivity contribution is 6.30. The molecule has 0 amide bonds. The van der Waals surface area contributed by atoms with E-state index < -0.39 is 0 Å². The summed E-state index contributed by atoms with van der Waals surface area (Å²) >= 11 is 6.12. The first kappa shape index (κ1) is 21.2. The van der Waals surface area contributed by atoms with Gasteiger partial charge in [0, 0.05) is 30.3 Å². The lowest BCUT2D eigenvalue weighted by molar-refractivity contribution is 0.168. The van der Waals surface area contributed by atoms with E-state index in [1.54, 1.807) is 0 Å². The van der Waals surface area contributed by atoms with Crippen LogP contribution in [0.2, 0.25) is 5.02 Å². The van der Waals surface area contributed by atoms with E-state index >= 15 is 0 Å². The van der Waals surface area contributed by atoms with Crippen LogP contribution in [-0.4, -0.2) is 31.1 Å². The van der Waals surface area contributed by atoms with Gasteiger partial charge in [-0.05, 0) is 67.5 Å². The van der Waals surface area contributed by atoms with Gasteiger partial charge in [-0.15, -0.1) is 0 Å². The van der Waals surface area contributed by atoms with Crippen molar-refractivity contribution in [2.24, 2.45) is 5.92 Å². The van der Waals surface area contributed by atoms with Gasteiger partial charge in [-0.1, -0.05) is 68.1 Å². The molecular formula is C25H35ClN2. The first-order chi connectivity index (χ1) is 13.7. The second kappa shape index (κ2) is 11.5. The van der Waals surface area contributed by atoms with E-state index in [0.717, 1.165) is 17.5 Å². The Hall–Kier alpha value is -1.51. The van der Waals surface area contributed by atoms with Crippen LogP contribution < -0.4 is 5.32 Å². The summed E-state index contributed by atoms with van der Waals surface area (Å²) in [5.41, 5.74) is 2.68. The van der Waals surface area contributed by atoms with E-state index in [1.165, 1.54) is 69.4 Å². The number of halogens is 1. The quantitative estimate of drug-likeness (QED) is 0.441. The van der Waals surface area contributed by atoms with Crippen molar-refractivity contribution in [2.45, 2.75) is 51.4 Å². The maximum atomic E-state index is 6.12. The summed E-state index contributed by atoms with van der Waals surface area (Å²) in [6.45, 7) is 6.97. The molecule has 1 aliphatic rings. The first-order valence-corrected chi connectivity index (χ1v) is 11.4. The number of nitrogens with one attached hydrogen (secondary N) is 1. The van der Waals surface area contributed by atoms with Crippen LogP contribution >= 0.6 is 11.6 Å². The van der Waals surface area contributed by atoms with E-state index in [2.05, 4.69) is 59.6 Å². The molecule has 28 heavy (non-hydrogen) atoms. The van der Waals surface area contributed by atoms with Crippen molar-refractivity contribution in [3.8, 4) is 0 Å². The Bertz CT molecular complexity index is 671. The van der Waals surface area contributed by atoms with E-state index in [1.807, 2.05) is 12.1 Å². The molecule has 3 rings (SSSR count). The van der Waals surface area contributed by atoms with Crippen molar-refractivity contribution in [2.75, 3.05) is 31.5 Å². The van der Waals surface area contributed by atoms with E-state index in [-0.39, 0.29) is 0 Å². The number of para-hydroxylation sites is 1. The number of hydrogen-bond donors (Lipinski definition) is 1. The summed E-state index contributed by atoms with van der Waals surface area (Å²) in [7, 11) is 0. The minimum absolute atomic E-state index is 0.615. The van der Waals surface area contributed by atoms with E-state index in [0.29, 0.717) is 5.92 Å². The molecule has 152 valence electrons. The lowest BCUT2D eigenvalue weighted by atomic mass is 9.90. The predicted octanol–water partition coefficient (Wildman–Crippen LogP) is 6.83. The number of piperidine rings is 1. The van der Waals surface area contributed by atoms with Gasteiger partial charge >= 0.3 is 0 Å². The summed E-state index contributed by atoms with van der Waals surface area (Å²) < 4.78 is 0. The number of likely N-dealkylation sites (tertiary alicyclic amines) is 1. The van der Waals surface area contributed by atoms with E-state index in [9.17, 15) is 0 Å². The van der Waals surface area contributed by atoms with Crippen LogP contribution in [0.4, 0.5) is 5.69 Å². The van der Waals surface area contributed by atoms with Crippen LogP contribution in [-0.2, 0) is 0 Å². The maximum absolute atomic E-state index is 6.12. The van der Waals surface area contributed by atoms with Crippen molar-refractivity contribution in [1.29, 1.82) is 0 Å². The zero-order chi connectivity index (χ0) is 19.6. The van der Waals surface area contributed by atoms with Crippen molar-refractivity contribution >= 4 is 17.3 Å². The summed E-state index contributed by atoms with van der Waals surface area (Å²) in [5, 5.41) is 4.46. The highest BCUT2D eigenvalue weighted by Crippen LogP contribution is 2.27. The van der Waals surface area contributed by atoms with E-state index in [4.69, 9.17) is 11.6 Å². The third kappa shape index (κ3) is 6.83. The van der Waals surface area contributed by atoms with Gasteiger partial charge in [0.15, 0.2) is 0 Å². The van der Waals surface area contributed by atoms with Crippen LogP contribution in [0, 0.1) is 5.92 Å². The molecule has 1 unspecified atom stereocenters. The van der Waals surface area contributed by atoms with Gasteiger partial charge in [-0.2, -0.15) is 0 Å². The van der Waals surface area contributed by atoms with Gasteiger partial charge in [0.25, 0.3) is 0 Å². The molecular weight excluding hydrogens is 364 g/mol. The van der Waals surface area contributed by atoms with Gasteiger partial charge in [0.2, 0.25) is 0 Å². The second-order valence-electron chi connectivity index (χ2n) is 8.26. The molecule has 1 heterocycles. The van der Waals surface area contributed by atoms with Crippen molar-refractivity contribution in [3.63, 3.8) is 0 Å². The highest BCUT2D eigenvalue weighted by Gasteiger charge is 2.23. The monoisotopic (exact) mass is 398 g/mol. The maximum Gasteiger partial charge on any atom is 0.0406 e. The summed E-state index contributed by atoms with van der Waals surface area (Å²) in [6, 6.07) is 19.2. The molecule has 1 N–H and O–H groups in total. The second-order valence-corrected chi connectivity index (χ2v) is 8.70. The van der Waals surface area contributed by atoms with Crippen LogP contribution in [0.5, 0.6) is 0 Å². The molecule has 0 aliphatic carbocycles. The van der Waals surface area contributed by atoms with Gasteiger partial charge in [0.05, 0.1) is 0 Å². The fraction of sp³-hybridized carbons (Fsp3) is 0.520. The van der Waals surface area contributed by atoms with Crippen molar-refractivity contribution < 1.29 is 0 Å². The number of hydrogen-bond acceptors (Lipinski definition) is 2. The number of rotatable bonds is 10. The Balaban J connectivity index is 1.55. The summed E-state index contributed by atoms with van der Waals surface area (Å²) in [4.78, 5) is 2.70. The zero-order valence-corrected chi connectivity index (χ0v) is 18.0. The third-order valence-corrected chi connectivity index (χ3v) is 6.20. The highest BCUT2D eigenvalue weighted by atomic mass is 35.5. The van der Waals surface area contributed by atoms with Gasteiger partial charge in [-0.25, -0.2) is 0 Å². The fourth-order valence-electron chi connectivity index (χ4n) is 4.35. The van der Waals surface area contributed by atoms with Gasteiger partial charge in [0.1, 0.15) is 0 Å². The number of benzene rings is 2. The smallest absolute Gasteiger partial charge is 0.0406 e. The Morgan fingerprint density at radius 1 is 1.07 bits per heavy atom. The minimum atomic E-state index is 0.615. The zero-order valence-electron chi connectivity index (χ0n) is 17.2. The van der Waals surface area contributed by atoms with Crippen LogP contribution in [0.15, 0.2) is 54.6 Å². The summed E-state index contributed by atoms with van der Waals surface area (Å²) in [5.74, 6) is 1.35. The largest absolute Gasteiger partial charge is 0.385 e. The van der Waals surface area contributed by atoms with Crippen LogP contribution in [0.1, 0.15) is 56.9 Å².